The summed E-state index contributed by atoms with van der Waals surface area (Å²) >= 11 is 0. The van der Waals surface area contributed by atoms with Gasteiger partial charge in [-0.3, -0.25) is 19.8 Å². The fraction of sp³-hybridized carbons (Fsp3) is 0.409. The molecule has 0 saturated carbocycles. The molecule has 2 heterocycles. The lowest BCUT2D eigenvalue weighted by atomic mass is 10.1. The van der Waals surface area contributed by atoms with Crippen LogP contribution in [-0.4, -0.2) is 48.8 Å². The van der Waals surface area contributed by atoms with Crippen LogP contribution in [0, 0.1) is 10.1 Å². The second-order valence-electron chi connectivity index (χ2n) is 7.70. The van der Waals surface area contributed by atoms with E-state index >= 15 is 0 Å². The van der Waals surface area contributed by atoms with Crippen LogP contribution < -0.4 is 19.5 Å². The number of likely N-dealkylation sites (tertiary alicyclic amines) is 1. The molecule has 1 saturated heterocycles. The topological polar surface area (TPSA) is 103 Å². The van der Waals surface area contributed by atoms with Crippen molar-refractivity contribution in [3.63, 3.8) is 0 Å². The summed E-state index contributed by atoms with van der Waals surface area (Å²) in [4.78, 5) is 25.6. The van der Waals surface area contributed by atoms with Gasteiger partial charge in [0.15, 0.2) is 17.2 Å². The molecule has 2 aliphatic rings. The molecule has 0 bridgehead atoms. The fourth-order valence-electron chi connectivity index (χ4n) is 4.06. The maximum atomic E-state index is 12.4. The van der Waals surface area contributed by atoms with E-state index in [2.05, 4.69) is 10.2 Å². The van der Waals surface area contributed by atoms with Crippen molar-refractivity contribution < 1.29 is 23.9 Å². The maximum absolute atomic E-state index is 12.4. The molecule has 31 heavy (non-hydrogen) atoms. The fourth-order valence-corrected chi connectivity index (χ4v) is 4.06. The molecule has 2 aromatic rings. The summed E-state index contributed by atoms with van der Waals surface area (Å²) in [5.74, 6) is 1.71. The Hall–Kier alpha value is -3.33. The number of nitrogens with zero attached hydrogens (tertiary/aromatic N) is 2. The van der Waals surface area contributed by atoms with Crippen molar-refractivity contribution in [2.24, 2.45) is 0 Å². The van der Waals surface area contributed by atoms with Crippen molar-refractivity contribution >= 4 is 11.6 Å². The van der Waals surface area contributed by atoms with Gasteiger partial charge >= 0.3 is 5.69 Å². The van der Waals surface area contributed by atoms with E-state index in [9.17, 15) is 14.9 Å². The standard InChI is InChI=1S/C22H25N3O6/c1-29-19-4-2-3-16(22(19)25(27)28)12-24-10-9-17(13-24)23-21(26)8-6-15-5-7-18-20(11-15)31-14-30-18/h2-5,7,11,17H,6,8-10,12-14H2,1H3,(H,23,26). The first kappa shape index (κ1) is 20.9. The van der Waals surface area contributed by atoms with Crippen LogP contribution in [-0.2, 0) is 17.8 Å². The summed E-state index contributed by atoms with van der Waals surface area (Å²) in [6, 6.07) is 10.9. The van der Waals surface area contributed by atoms with Gasteiger partial charge in [-0.05, 0) is 36.6 Å². The molecular weight excluding hydrogens is 402 g/mol. The van der Waals surface area contributed by atoms with E-state index in [1.165, 1.54) is 7.11 Å². The van der Waals surface area contributed by atoms with Crippen molar-refractivity contribution in [1.82, 2.24) is 10.2 Å². The molecule has 2 aromatic carbocycles. The Morgan fingerprint density at radius 1 is 1.29 bits per heavy atom. The van der Waals surface area contributed by atoms with E-state index in [1.807, 2.05) is 18.2 Å². The van der Waals surface area contributed by atoms with E-state index < -0.39 is 4.92 Å². The zero-order valence-corrected chi connectivity index (χ0v) is 17.3. The summed E-state index contributed by atoms with van der Waals surface area (Å²) in [6.07, 6.45) is 1.82. The minimum atomic E-state index is -0.403. The number of hydrogen-bond acceptors (Lipinski definition) is 7. The van der Waals surface area contributed by atoms with Crippen LogP contribution in [0.5, 0.6) is 17.2 Å². The highest BCUT2D eigenvalue weighted by molar-refractivity contribution is 5.76. The average Bonchev–Trinajstić information content (AvgIpc) is 3.40. The molecule has 0 radical (unpaired) electrons. The van der Waals surface area contributed by atoms with Crippen LogP contribution in [0.3, 0.4) is 0 Å². The number of nitrogens with one attached hydrogen (secondary N) is 1. The van der Waals surface area contributed by atoms with E-state index in [-0.39, 0.29) is 30.2 Å². The zero-order chi connectivity index (χ0) is 21.8. The van der Waals surface area contributed by atoms with E-state index in [0.29, 0.717) is 31.5 Å². The normalized spacial score (nSPS) is 17.5. The highest BCUT2D eigenvalue weighted by atomic mass is 16.7. The molecule has 4 rings (SSSR count). The Morgan fingerprint density at radius 2 is 2.13 bits per heavy atom. The lowest BCUT2D eigenvalue weighted by Gasteiger charge is -2.17. The number of rotatable bonds is 8. The minimum Gasteiger partial charge on any atom is -0.490 e. The van der Waals surface area contributed by atoms with Gasteiger partial charge < -0.3 is 19.5 Å². The smallest absolute Gasteiger partial charge is 0.315 e. The molecule has 1 amide bonds. The van der Waals surface area contributed by atoms with E-state index in [1.54, 1.807) is 18.2 Å². The van der Waals surface area contributed by atoms with Crippen molar-refractivity contribution in [1.29, 1.82) is 0 Å². The highest BCUT2D eigenvalue weighted by Crippen LogP contribution is 2.33. The Balaban J connectivity index is 1.27. The first-order chi connectivity index (χ1) is 15.0. The number of para-hydroxylation sites is 1. The quantitative estimate of drug-likeness (QED) is 0.510. The molecule has 0 spiro atoms. The van der Waals surface area contributed by atoms with Crippen molar-refractivity contribution in [2.45, 2.75) is 31.8 Å². The van der Waals surface area contributed by atoms with Gasteiger partial charge in [0.05, 0.1) is 12.0 Å². The second kappa shape index (κ2) is 9.22. The monoisotopic (exact) mass is 427 g/mol. The Morgan fingerprint density at radius 3 is 2.94 bits per heavy atom. The second-order valence-corrected chi connectivity index (χ2v) is 7.70. The van der Waals surface area contributed by atoms with Crippen LogP contribution in [0.15, 0.2) is 36.4 Å². The largest absolute Gasteiger partial charge is 0.490 e. The average molecular weight is 427 g/mol. The number of aryl methyl sites for hydroxylation is 1. The third-order valence-corrected chi connectivity index (χ3v) is 5.59. The molecule has 1 atom stereocenters. The molecule has 9 nitrogen and oxygen atoms in total. The SMILES string of the molecule is COc1cccc(CN2CCC(NC(=O)CCc3ccc4c(c3)OCO4)C2)c1[N+](=O)[O-]. The van der Waals surface area contributed by atoms with Gasteiger partial charge in [-0.1, -0.05) is 18.2 Å². The van der Waals surface area contributed by atoms with E-state index in [4.69, 9.17) is 14.2 Å². The molecule has 0 aliphatic carbocycles. The Labute approximate surface area is 180 Å². The molecule has 1 N–H and O–H groups in total. The predicted octanol–water partition coefficient (Wildman–Crippen LogP) is 2.66. The van der Waals surface area contributed by atoms with Crippen LogP contribution in [0.25, 0.3) is 0 Å². The molecule has 9 heteroatoms. The third kappa shape index (κ3) is 4.88. The van der Waals surface area contributed by atoms with Crippen molar-refractivity contribution in [2.75, 3.05) is 27.0 Å². The highest BCUT2D eigenvalue weighted by Gasteiger charge is 2.27. The van der Waals surface area contributed by atoms with Gasteiger partial charge in [-0.25, -0.2) is 0 Å². The molecule has 0 aromatic heterocycles. The number of amides is 1. The van der Waals surface area contributed by atoms with Gasteiger partial charge in [-0.15, -0.1) is 0 Å². The Kier molecular flexibility index (Phi) is 6.22. The summed E-state index contributed by atoms with van der Waals surface area (Å²) in [5.41, 5.74) is 1.64. The summed E-state index contributed by atoms with van der Waals surface area (Å²) in [6.45, 7) is 2.10. The van der Waals surface area contributed by atoms with Crippen molar-refractivity contribution in [3.05, 3.63) is 57.6 Å². The van der Waals surface area contributed by atoms with Gasteiger partial charge in [0, 0.05) is 37.7 Å². The third-order valence-electron chi connectivity index (χ3n) is 5.59. The van der Waals surface area contributed by atoms with Crippen LogP contribution in [0.2, 0.25) is 0 Å². The number of carbonyl (C=O) groups excluding carboxylic acids is 1. The van der Waals surface area contributed by atoms with E-state index in [0.717, 1.165) is 30.0 Å². The molecule has 164 valence electrons. The number of methoxy groups -OCH3 is 1. The van der Waals surface area contributed by atoms with Crippen LogP contribution in [0.4, 0.5) is 5.69 Å². The molecule has 1 fully saturated rings. The van der Waals surface area contributed by atoms with Crippen LogP contribution in [0.1, 0.15) is 24.0 Å². The lowest BCUT2D eigenvalue weighted by Crippen LogP contribution is -2.37. The van der Waals surface area contributed by atoms with Gasteiger partial charge in [-0.2, -0.15) is 0 Å². The summed E-state index contributed by atoms with van der Waals surface area (Å²) in [5, 5.41) is 14.6. The predicted molar refractivity (Wildman–Crippen MR) is 112 cm³/mol. The maximum Gasteiger partial charge on any atom is 0.315 e. The first-order valence-electron chi connectivity index (χ1n) is 10.2. The molecule has 1 unspecified atom stereocenters. The lowest BCUT2D eigenvalue weighted by molar-refractivity contribution is -0.386. The van der Waals surface area contributed by atoms with Gasteiger partial charge in [0.2, 0.25) is 12.7 Å². The summed E-state index contributed by atoms with van der Waals surface area (Å²) < 4.78 is 15.8. The number of benzene rings is 2. The number of fused-ring (bicyclic) bond motifs is 1. The number of nitro benzene ring substituents is 1. The van der Waals surface area contributed by atoms with Crippen LogP contribution >= 0.6 is 0 Å². The van der Waals surface area contributed by atoms with Gasteiger partial charge in [0.25, 0.3) is 0 Å². The number of carbonyl (C=O) groups is 1. The molecular formula is C22H25N3O6. The Bertz CT molecular complexity index is 980. The summed E-state index contributed by atoms with van der Waals surface area (Å²) in [7, 11) is 1.43. The number of nitro groups is 1. The number of ether oxygens (including phenoxy) is 3. The zero-order valence-electron chi connectivity index (χ0n) is 17.3. The minimum absolute atomic E-state index is 0.00112. The van der Waals surface area contributed by atoms with Crippen molar-refractivity contribution in [3.8, 4) is 17.2 Å². The van der Waals surface area contributed by atoms with Gasteiger partial charge in [0.1, 0.15) is 0 Å². The first-order valence-corrected chi connectivity index (χ1v) is 10.2. The number of hydrogen-bond donors (Lipinski definition) is 1. The molecule has 2 aliphatic heterocycles.